The Morgan fingerprint density at radius 2 is 2.06 bits per heavy atom. The Labute approximate surface area is 98.0 Å². The molecule has 3 N–H and O–H groups in total. The molecule has 1 saturated heterocycles. The summed E-state index contributed by atoms with van der Waals surface area (Å²) in [5.74, 6) is 0. The summed E-state index contributed by atoms with van der Waals surface area (Å²) in [6, 6.07) is 0.122. The number of urea groups is 1. The fraction of sp³-hybridized carbons (Fsp3) is 0.909. The van der Waals surface area contributed by atoms with Crippen LogP contribution in [0.5, 0.6) is 0 Å². The number of amides is 2. The maximum absolute atomic E-state index is 12.0. The van der Waals surface area contributed by atoms with Crippen LogP contribution < -0.4 is 11.1 Å². The Morgan fingerprint density at radius 3 is 2.56 bits per heavy atom. The molecule has 0 aromatic rings. The van der Waals surface area contributed by atoms with E-state index < -0.39 is 0 Å². The monoisotopic (exact) mass is 228 g/mol. The fourth-order valence-electron chi connectivity index (χ4n) is 1.87. The number of carbonyl (C=O) groups excluding carboxylic acids is 1. The first-order chi connectivity index (χ1) is 7.33. The first-order valence-electron chi connectivity index (χ1n) is 5.81. The molecule has 94 valence electrons. The average molecular weight is 228 g/mol. The van der Waals surface area contributed by atoms with E-state index in [1.54, 1.807) is 0 Å². The summed E-state index contributed by atoms with van der Waals surface area (Å²) >= 11 is 0. The van der Waals surface area contributed by atoms with Crippen LogP contribution in [0.25, 0.3) is 0 Å². The Kier molecular flexibility index (Phi) is 4.15. The number of carbonyl (C=O) groups is 1. The molecule has 0 aliphatic carbocycles. The van der Waals surface area contributed by atoms with Crippen molar-refractivity contribution in [2.45, 2.75) is 32.4 Å². The number of hydrogen-bond acceptors (Lipinski definition) is 3. The Morgan fingerprint density at radius 1 is 1.44 bits per heavy atom. The van der Waals surface area contributed by atoms with Gasteiger partial charge in [0.25, 0.3) is 0 Å². The molecule has 1 unspecified atom stereocenters. The summed E-state index contributed by atoms with van der Waals surface area (Å²) < 4.78 is 0. The quantitative estimate of drug-likeness (QED) is 0.667. The van der Waals surface area contributed by atoms with Gasteiger partial charge in [0.05, 0.1) is 6.04 Å². The molecule has 0 spiro atoms. The van der Waals surface area contributed by atoms with Gasteiger partial charge in [0.2, 0.25) is 0 Å². The van der Waals surface area contributed by atoms with Crippen LogP contribution in [0.15, 0.2) is 0 Å². The molecule has 0 aromatic carbocycles. The molecule has 1 fully saturated rings. The highest BCUT2D eigenvalue weighted by atomic mass is 16.2. The lowest BCUT2D eigenvalue weighted by Crippen LogP contribution is -2.61. The highest BCUT2D eigenvalue weighted by Gasteiger charge is 2.29. The molecule has 16 heavy (non-hydrogen) atoms. The van der Waals surface area contributed by atoms with E-state index in [-0.39, 0.29) is 17.6 Å². The molecule has 0 aromatic heterocycles. The van der Waals surface area contributed by atoms with Crippen LogP contribution >= 0.6 is 0 Å². The van der Waals surface area contributed by atoms with Gasteiger partial charge in [-0.2, -0.15) is 0 Å². The van der Waals surface area contributed by atoms with Crippen molar-refractivity contribution in [3.8, 4) is 0 Å². The molecule has 2 amide bonds. The van der Waals surface area contributed by atoms with Crippen molar-refractivity contribution < 1.29 is 4.79 Å². The van der Waals surface area contributed by atoms with Gasteiger partial charge in [0.15, 0.2) is 0 Å². The van der Waals surface area contributed by atoms with Crippen molar-refractivity contribution in [1.82, 2.24) is 15.1 Å². The van der Waals surface area contributed by atoms with Gasteiger partial charge in [-0.1, -0.05) is 0 Å². The van der Waals surface area contributed by atoms with E-state index in [0.29, 0.717) is 6.54 Å². The zero-order valence-corrected chi connectivity index (χ0v) is 10.8. The van der Waals surface area contributed by atoms with Crippen molar-refractivity contribution >= 4 is 6.03 Å². The summed E-state index contributed by atoms with van der Waals surface area (Å²) in [4.78, 5) is 16.1. The number of nitrogens with one attached hydrogen (secondary N) is 1. The Balaban J connectivity index is 2.60. The van der Waals surface area contributed by atoms with E-state index in [1.165, 1.54) is 0 Å². The van der Waals surface area contributed by atoms with Gasteiger partial charge in [-0.15, -0.1) is 0 Å². The average Bonchev–Trinajstić information content (AvgIpc) is 2.14. The molecule has 1 aliphatic rings. The minimum Gasteiger partial charge on any atom is -0.333 e. The molecule has 1 atom stereocenters. The summed E-state index contributed by atoms with van der Waals surface area (Å²) in [5, 5.41) is 2.98. The van der Waals surface area contributed by atoms with E-state index in [1.807, 2.05) is 25.7 Å². The zero-order chi connectivity index (χ0) is 12.3. The highest BCUT2D eigenvalue weighted by molar-refractivity contribution is 5.75. The fourth-order valence-corrected chi connectivity index (χ4v) is 1.87. The normalized spacial score (nSPS) is 23.3. The largest absolute Gasteiger partial charge is 0.333 e. The lowest BCUT2D eigenvalue weighted by Gasteiger charge is -2.40. The number of nitrogens with two attached hydrogens (primary N) is 1. The Hall–Kier alpha value is -0.810. The van der Waals surface area contributed by atoms with Crippen LogP contribution in [0.4, 0.5) is 4.79 Å². The second-order valence-electron chi connectivity index (χ2n) is 5.53. The second kappa shape index (κ2) is 5.01. The standard InChI is InChI=1S/C11H24N4O/c1-11(2,3)13-10(16)15-6-5-14(4)8-9(15)7-12/h9H,5-8,12H2,1-4H3,(H,13,16). The molecular weight excluding hydrogens is 204 g/mol. The lowest BCUT2D eigenvalue weighted by molar-refractivity contribution is 0.108. The van der Waals surface area contributed by atoms with Crippen LogP contribution in [0.3, 0.4) is 0 Å². The van der Waals surface area contributed by atoms with Crippen molar-refractivity contribution in [1.29, 1.82) is 0 Å². The van der Waals surface area contributed by atoms with Crippen LogP contribution in [-0.4, -0.2) is 60.6 Å². The van der Waals surface area contributed by atoms with Gasteiger partial charge in [0.1, 0.15) is 0 Å². The number of hydrogen-bond donors (Lipinski definition) is 2. The highest BCUT2D eigenvalue weighted by Crippen LogP contribution is 2.09. The maximum Gasteiger partial charge on any atom is 0.318 e. The third-order valence-corrected chi connectivity index (χ3v) is 2.70. The maximum atomic E-state index is 12.0. The van der Waals surface area contributed by atoms with Gasteiger partial charge in [-0.3, -0.25) is 0 Å². The molecule has 1 aliphatic heterocycles. The lowest BCUT2D eigenvalue weighted by atomic mass is 10.1. The predicted molar refractivity (Wildman–Crippen MR) is 65.3 cm³/mol. The van der Waals surface area contributed by atoms with Crippen molar-refractivity contribution in [2.24, 2.45) is 5.73 Å². The van der Waals surface area contributed by atoms with Gasteiger partial charge in [-0.25, -0.2) is 4.79 Å². The SMILES string of the molecule is CN1CCN(C(=O)NC(C)(C)C)C(CN)C1. The summed E-state index contributed by atoms with van der Waals surface area (Å²) in [6.07, 6.45) is 0. The molecule has 5 heteroatoms. The van der Waals surface area contributed by atoms with Crippen LogP contribution in [0.1, 0.15) is 20.8 Å². The van der Waals surface area contributed by atoms with Gasteiger partial charge in [-0.05, 0) is 27.8 Å². The number of rotatable bonds is 1. The van der Waals surface area contributed by atoms with Crippen LogP contribution in [-0.2, 0) is 0 Å². The molecule has 1 rings (SSSR count). The zero-order valence-electron chi connectivity index (χ0n) is 10.8. The smallest absolute Gasteiger partial charge is 0.318 e. The molecule has 0 radical (unpaired) electrons. The molecule has 0 bridgehead atoms. The van der Waals surface area contributed by atoms with Crippen molar-refractivity contribution in [3.05, 3.63) is 0 Å². The van der Waals surface area contributed by atoms with E-state index >= 15 is 0 Å². The second-order valence-corrected chi connectivity index (χ2v) is 5.53. The van der Waals surface area contributed by atoms with Gasteiger partial charge < -0.3 is 20.9 Å². The van der Waals surface area contributed by atoms with Gasteiger partial charge in [0, 0.05) is 31.7 Å². The van der Waals surface area contributed by atoms with E-state index in [9.17, 15) is 4.79 Å². The minimum atomic E-state index is -0.195. The molecule has 1 heterocycles. The Bertz CT molecular complexity index is 249. The molecule has 0 saturated carbocycles. The van der Waals surface area contributed by atoms with Crippen LogP contribution in [0, 0.1) is 0 Å². The third-order valence-electron chi connectivity index (χ3n) is 2.70. The first-order valence-corrected chi connectivity index (χ1v) is 5.81. The number of likely N-dealkylation sites (N-methyl/N-ethyl adjacent to an activating group) is 1. The predicted octanol–water partition coefficient (Wildman–Crippen LogP) is 0.0692. The first kappa shape index (κ1) is 13.3. The van der Waals surface area contributed by atoms with E-state index in [2.05, 4.69) is 17.3 Å². The number of nitrogens with zero attached hydrogens (tertiary/aromatic N) is 2. The van der Waals surface area contributed by atoms with E-state index in [0.717, 1.165) is 19.6 Å². The summed E-state index contributed by atoms with van der Waals surface area (Å²) in [7, 11) is 2.06. The van der Waals surface area contributed by atoms with Crippen molar-refractivity contribution in [2.75, 3.05) is 33.2 Å². The van der Waals surface area contributed by atoms with Gasteiger partial charge >= 0.3 is 6.03 Å². The molecule has 5 nitrogen and oxygen atoms in total. The summed E-state index contributed by atoms with van der Waals surface area (Å²) in [6.45, 7) is 8.99. The summed E-state index contributed by atoms with van der Waals surface area (Å²) in [5.41, 5.74) is 5.51. The van der Waals surface area contributed by atoms with Crippen molar-refractivity contribution in [3.63, 3.8) is 0 Å². The van der Waals surface area contributed by atoms with Crippen LogP contribution in [0.2, 0.25) is 0 Å². The topological polar surface area (TPSA) is 61.6 Å². The number of piperazine rings is 1. The third kappa shape index (κ3) is 3.64. The van der Waals surface area contributed by atoms with E-state index in [4.69, 9.17) is 5.73 Å². The minimum absolute atomic E-state index is 0.00366. The molecular formula is C11H24N4O.